The molecule has 0 bridgehead atoms. The van der Waals surface area contributed by atoms with Gasteiger partial charge in [-0.1, -0.05) is 19.9 Å². The van der Waals surface area contributed by atoms with Crippen molar-refractivity contribution in [3.63, 3.8) is 0 Å². The van der Waals surface area contributed by atoms with Crippen molar-refractivity contribution in [2.24, 2.45) is 29.1 Å². The number of aromatic hydroxyl groups is 1. The number of aliphatic carboxylic acids is 1. The van der Waals surface area contributed by atoms with Crippen molar-refractivity contribution in [3.8, 4) is 5.75 Å². The number of hydrogen-bond acceptors (Lipinski definition) is 3. The molecular formula is C21H28O4. The smallest absolute Gasteiger partial charge is 0.306 e. The highest BCUT2D eigenvalue weighted by molar-refractivity contribution is 5.70. The Morgan fingerprint density at radius 1 is 1.32 bits per heavy atom. The van der Waals surface area contributed by atoms with Gasteiger partial charge in [-0.3, -0.25) is 4.79 Å². The molecule has 2 fully saturated rings. The van der Waals surface area contributed by atoms with Gasteiger partial charge in [0, 0.05) is 0 Å². The maximum absolute atomic E-state index is 11.7. The molecule has 0 aromatic heterocycles. The molecule has 0 amide bonds. The molecule has 2 saturated carbocycles. The van der Waals surface area contributed by atoms with Crippen LogP contribution in [0.2, 0.25) is 0 Å². The maximum atomic E-state index is 11.7. The number of rotatable bonds is 2. The van der Waals surface area contributed by atoms with Gasteiger partial charge in [-0.05, 0) is 84.5 Å². The minimum absolute atomic E-state index is 0.0453. The highest BCUT2D eigenvalue weighted by Crippen LogP contribution is 2.64. The number of carboxylic acid groups (broad SMARTS) is 1. The van der Waals surface area contributed by atoms with Crippen LogP contribution in [0.1, 0.15) is 56.6 Å². The first kappa shape index (κ1) is 16.9. The Kier molecular flexibility index (Phi) is 3.87. The Balaban J connectivity index is 1.73. The van der Waals surface area contributed by atoms with Gasteiger partial charge >= 0.3 is 5.97 Å². The second kappa shape index (κ2) is 5.73. The number of phenols is 1. The number of benzene rings is 1. The predicted octanol–water partition coefficient (Wildman–Crippen LogP) is 3.56. The summed E-state index contributed by atoms with van der Waals surface area (Å²) in [4.78, 5) is 11.7. The Morgan fingerprint density at radius 3 is 2.80 bits per heavy atom. The topological polar surface area (TPSA) is 77.8 Å². The van der Waals surface area contributed by atoms with Crippen molar-refractivity contribution in [2.75, 3.05) is 0 Å². The van der Waals surface area contributed by atoms with E-state index in [1.807, 2.05) is 13.0 Å². The molecule has 1 aromatic carbocycles. The van der Waals surface area contributed by atoms with Crippen molar-refractivity contribution in [1.82, 2.24) is 0 Å². The number of carbonyl (C=O) groups is 1. The van der Waals surface area contributed by atoms with Crippen LogP contribution in [0.4, 0.5) is 0 Å². The molecule has 1 unspecified atom stereocenters. The molecule has 3 N–H and O–H groups in total. The summed E-state index contributed by atoms with van der Waals surface area (Å²) in [6.45, 7) is 3.99. The summed E-state index contributed by atoms with van der Waals surface area (Å²) in [7, 11) is 0. The number of carboxylic acids is 1. The lowest BCUT2D eigenvalue weighted by molar-refractivity contribution is -0.144. The van der Waals surface area contributed by atoms with Crippen molar-refractivity contribution < 1.29 is 20.1 Å². The largest absolute Gasteiger partial charge is 0.508 e. The summed E-state index contributed by atoms with van der Waals surface area (Å²) in [6.07, 6.45) is 4.16. The minimum atomic E-state index is -0.746. The normalized spacial score (nSPS) is 40.7. The van der Waals surface area contributed by atoms with Crippen molar-refractivity contribution in [3.05, 3.63) is 29.3 Å². The quantitative estimate of drug-likeness (QED) is 0.767. The van der Waals surface area contributed by atoms with Crippen LogP contribution in [-0.2, 0) is 11.2 Å². The molecule has 4 nitrogen and oxygen atoms in total. The van der Waals surface area contributed by atoms with Crippen LogP contribution in [0.25, 0.3) is 0 Å². The monoisotopic (exact) mass is 344 g/mol. The average molecular weight is 344 g/mol. The highest BCUT2D eigenvalue weighted by atomic mass is 16.4. The van der Waals surface area contributed by atoms with Gasteiger partial charge in [0.05, 0.1) is 12.0 Å². The third-order valence-electron chi connectivity index (χ3n) is 7.76. The van der Waals surface area contributed by atoms with Crippen LogP contribution >= 0.6 is 0 Å². The summed E-state index contributed by atoms with van der Waals surface area (Å²) >= 11 is 0. The number of aliphatic hydroxyl groups excluding tert-OH is 1. The van der Waals surface area contributed by atoms with E-state index in [4.69, 9.17) is 0 Å². The number of hydrogen-bond donors (Lipinski definition) is 3. The highest BCUT2D eigenvalue weighted by Gasteiger charge is 2.60. The molecule has 136 valence electrons. The first-order chi connectivity index (χ1) is 11.8. The molecule has 7 atom stereocenters. The van der Waals surface area contributed by atoms with Gasteiger partial charge in [-0.15, -0.1) is 0 Å². The minimum Gasteiger partial charge on any atom is -0.508 e. The van der Waals surface area contributed by atoms with E-state index < -0.39 is 18.0 Å². The van der Waals surface area contributed by atoms with Crippen molar-refractivity contribution >= 4 is 5.97 Å². The third kappa shape index (κ3) is 2.41. The van der Waals surface area contributed by atoms with E-state index in [2.05, 4.69) is 13.0 Å². The fraction of sp³-hybridized carbons (Fsp3) is 0.667. The van der Waals surface area contributed by atoms with Crippen LogP contribution in [0.5, 0.6) is 5.75 Å². The van der Waals surface area contributed by atoms with Gasteiger partial charge in [0.15, 0.2) is 0 Å². The molecule has 25 heavy (non-hydrogen) atoms. The zero-order chi connectivity index (χ0) is 17.9. The van der Waals surface area contributed by atoms with Gasteiger partial charge < -0.3 is 15.3 Å². The Morgan fingerprint density at radius 2 is 2.08 bits per heavy atom. The third-order valence-corrected chi connectivity index (χ3v) is 7.76. The Labute approximate surface area is 148 Å². The van der Waals surface area contributed by atoms with E-state index in [0.717, 1.165) is 25.7 Å². The van der Waals surface area contributed by atoms with E-state index in [0.29, 0.717) is 24.0 Å². The number of aryl methyl sites for hydroxylation is 1. The van der Waals surface area contributed by atoms with Crippen LogP contribution < -0.4 is 0 Å². The number of aliphatic hydroxyl groups is 1. The molecule has 0 saturated heterocycles. The average Bonchev–Trinajstić information content (AvgIpc) is 2.85. The van der Waals surface area contributed by atoms with E-state index in [-0.39, 0.29) is 17.3 Å². The SMILES string of the molecule is CC(C(=O)O)[C@H]1C[C@H](O)[C@@]2(C)CC[C@@H]3c4ccc(O)cc4CC[C@H]3[C@H]12. The van der Waals surface area contributed by atoms with E-state index in [1.54, 1.807) is 6.07 Å². The summed E-state index contributed by atoms with van der Waals surface area (Å²) in [6, 6.07) is 5.72. The maximum Gasteiger partial charge on any atom is 0.306 e. The fourth-order valence-electron chi connectivity index (χ4n) is 6.41. The van der Waals surface area contributed by atoms with Crippen molar-refractivity contribution in [1.29, 1.82) is 0 Å². The second-order valence-corrected chi connectivity index (χ2v) is 8.80. The van der Waals surface area contributed by atoms with Gasteiger partial charge in [0.1, 0.15) is 5.75 Å². The van der Waals surface area contributed by atoms with E-state index >= 15 is 0 Å². The number of phenolic OH excluding ortho intramolecular Hbond substituents is 1. The standard InChI is InChI=1S/C21H28O4/c1-11(20(24)25)17-10-18(23)21(2)8-7-15-14-6-4-13(22)9-12(14)3-5-16(15)19(17)21/h4,6,9,11,15-19,22-23H,3,5,7-8,10H2,1-2H3,(H,24,25)/t11?,15-,16-,17-,18+,19-,21-/m1/s1. The first-order valence-electron chi connectivity index (χ1n) is 9.55. The molecule has 4 rings (SSSR count). The van der Waals surface area contributed by atoms with Crippen molar-refractivity contribution in [2.45, 2.75) is 58.0 Å². The van der Waals surface area contributed by atoms with Crippen LogP contribution in [0.15, 0.2) is 18.2 Å². The molecule has 0 radical (unpaired) electrons. The van der Waals surface area contributed by atoms with Gasteiger partial charge in [0.25, 0.3) is 0 Å². The summed E-state index contributed by atoms with van der Waals surface area (Å²) in [5, 5.41) is 30.1. The van der Waals surface area contributed by atoms with E-state index in [9.17, 15) is 20.1 Å². The molecule has 0 aliphatic heterocycles. The van der Waals surface area contributed by atoms with Crippen LogP contribution in [0, 0.1) is 29.1 Å². The first-order valence-corrected chi connectivity index (χ1v) is 9.55. The molecule has 1 aromatic rings. The summed E-state index contributed by atoms with van der Waals surface area (Å²) in [5.41, 5.74) is 2.41. The molecule has 3 aliphatic rings. The second-order valence-electron chi connectivity index (χ2n) is 8.80. The lowest BCUT2D eigenvalue weighted by Gasteiger charge is -2.51. The Hall–Kier alpha value is -1.55. The summed E-state index contributed by atoms with van der Waals surface area (Å²) in [5.74, 6) is 0.326. The van der Waals surface area contributed by atoms with Gasteiger partial charge in [-0.2, -0.15) is 0 Å². The van der Waals surface area contributed by atoms with Crippen LogP contribution in [-0.4, -0.2) is 27.4 Å². The Bertz CT molecular complexity index is 699. The molecular weight excluding hydrogens is 316 g/mol. The molecule has 3 aliphatic carbocycles. The van der Waals surface area contributed by atoms with Crippen LogP contribution in [0.3, 0.4) is 0 Å². The molecule has 0 heterocycles. The number of fused-ring (bicyclic) bond motifs is 5. The predicted molar refractivity (Wildman–Crippen MR) is 94.4 cm³/mol. The molecule has 0 spiro atoms. The van der Waals surface area contributed by atoms with Gasteiger partial charge in [-0.25, -0.2) is 0 Å². The zero-order valence-electron chi connectivity index (χ0n) is 15.0. The van der Waals surface area contributed by atoms with E-state index in [1.165, 1.54) is 11.1 Å². The summed E-state index contributed by atoms with van der Waals surface area (Å²) < 4.78 is 0. The lowest BCUT2D eigenvalue weighted by Crippen LogP contribution is -2.46. The molecule has 4 heteroatoms. The fourth-order valence-corrected chi connectivity index (χ4v) is 6.41. The zero-order valence-corrected chi connectivity index (χ0v) is 15.0. The van der Waals surface area contributed by atoms with Gasteiger partial charge in [0.2, 0.25) is 0 Å². The lowest BCUT2D eigenvalue weighted by atomic mass is 9.53.